The maximum atomic E-state index is 12.5. The lowest BCUT2D eigenvalue weighted by Gasteiger charge is -2.05. The van der Waals surface area contributed by atoms with E-state index in [1.807, 2.05) is 30.3 Å². The van der Waals surface area contributed by atoms with Crippen molar-refractivity contribution in [2.24, 2.45) is 0 Å². The number of hydrogen-bond donors (Lipinski definition) is 2. The molecule has 1 aromatic heterocycles. The van der Waals surface area contributed by atoms with Crippen molar-refractivity contribution in [1.29, 1.82) is 0 Å². The Bertz CT molecular complexity index is 986. The summed E-state index contributed by atoms with van der Waals surface area (Å²) in [6.45, 7) is 3.87. The number of para-hydroxylation sites is 2. The van der Waals surface area contributed by atoms with Crippen molar-refractivity contribution >= 4 is 41.7 Å². The van der Waals surface area contributed by atoms with Crippen LogP contribution in [0.5, 0.6) is 0 Å². The third-order valence-electron chi connectivity index (χ3n) is 3.34. The van der Waals surface area contributed by atoms with Crippen molar-refractivity contribution in [3.05, 3.63) is 79.5 Å². The van der Waals surface area contributed by atoms with Crippen LogP contribution < -0.4 is 21.4 Å². The number of halogens is 2. The van der Waals surface area contributed by atoms with Gasteiger partial charge in [-0.2, -0.15) is 0 Å². The maximum Gasteiger partial charge on any atom is 0.280 e. The second-order valence-corrected chi connectivity index (χ2v) is 5.68. The zero-order valence-corrected chi connectivity index (χ0v) is 13.5. The molecule has 4 nitrogen and oxygen atoms in total. The van der Waals surface area contributed by atoms with Gasteiger partial charge in [-0.25, -0.2) is 4.68 Å². The predicted molar refractivity (Wildman–Crippen MR) is 95.7 cm³/mol. The number of aromatic nitrogens is 2. The second kappa shape index (κ2) is 6.36. The minimum atomic E-state index is -0.211. The Kier molecular flexibility index (Phi) is 4.28. The molecule has 0 amide bonds. The summed E-state index contributed by atoms with van der Waals surface area (Å²) >= 11 is 12.2. The third kappa shape index (κ3) is 3.04. The minimum absolute atomic E-state index is 0.211. The molecule has 0 aliphatic carbocycles. The second-order valence-electron chi connectivity index (χ2n) is 4.87. The van der Waals surface area contributed by atoms with Gasteiger partial charge in [-0.3, -0.25) is 9.89 Å². The Morgan fingerprint density at radius 2 is 1.70 bits per heavy atom. The Labute approximate surface area is 142 Å². The number of hydrogen-bond acceptors (Lipinski definition) is 2. The number of benzene rings is 2. The van der Waals surface area contributed by atoms with Gasteiger partial charge in [0.15, 0.2) is 0 Å². The molecule has 0 radical (unpaired) electrons. The normalized spacial score (nSPS) is 11.7. The molecule has 3 aromatic rings. The van der Waals surface area contributed by atoms with Crippen LogP contribution in [0.4, 0.5) is 5.69 Å². The highest BCUT2D eigenvalue weighted by atomic mass is 35.5. The van der Waals surface area contributed by atoms with Crippen molar-refractivity contribution < 1.29 is 0 Å². The van der Waals surface area contributed by atoms with Crippen molar-refractivity contribution in [2.45, 2.75) is 0 Å². The number of H-pyrrole nitrogens is 1. The first-order valence-corrected chi connectivity index (χ1v) is 7.59. The number of aromatic amines is 1. The largest absolute Gasteiger partial charge is 0.358 e. The van der Waals surface area contributed by atoms with Gasteiger partial charge in [0.2, 0.25) is 0 Å². The smallest absolute Gasteiger partial charge is 0.280 e. The molecule has 0 aliphatic heterocycles. The summed E-state index contributed by atoms with van der Waals surface area (Å²) in [6.07, 6.45) is 1.55. The van der Waals surface area contributed by atoms with E-state index in [2.05, 4.69) is 17.0 Å². The molecule has 0 saturated heterocycles. The van der Waals surface area contributed by atoms with E-state index in [-0.39, 0.29) is 5.56 Å². The van der Waals surface area contributed by atoms with E-state index >= 15 is 0 Å². The van der Waals surface area contributed by atoms with Crippen LogP contribution in [0, 0.1) is 0 Å². The summed E-state index contributed by atoms with van der Waals surface area (Å²) in [5.41, 5.74) is 1.07. The fraction of sp³-hybridized carbons (Fsp3) is 0. The van der Waals surface area contributed by atoms with Crippen LogP contribution in [0.2, 0.25) is 10.0 Å². The molecule has 23 heavy (non-hydrogen) atoms. The van der Waals surface area contributed by atoms with E-state index in [9.17, 15) is 4.79 Å². The van der Waals surface area contributed by atoms with Crippen LogP contribution in [0.3, 0.4) is 0 Å². The summed E-state index contributed by atoms with van der Waals surface area (Å²) in [6, 6.07) is 14.5. The van der Waals surface area contributed by atoms with Crippen LogP contribution in [-0.4, -0.2) is 9.78 Å². The zero-order chi connectivity index (χ0) is 16.4. The summed E-state index contributed by atoms with van der Waals surface area (Å²) in [4.78, 5) is 12.5. The standard InChI is InChI=1S/C17H13Cl2N3O/c1-11-13(10-20-16-14(18)8-5-9-15(16)19)17(23)22(21-11)12-6-3-2-4-7-12/h2-10,20-21H,1H2/b13-10-. The van der Waals surface area contributed by atoms with Gasteiger partial charge in [-0.15, -0.1) is 0 Å². The average molecular weight is 346 g/mol. The lowest BCUT2D eigenvalue weighted by molar-refractivity contribution is 0.838. The maximum absolute atomic E-state index is 12.5. The van der Waals surface area contributed by atoms with Gasteiger partial charge in [-0.1, -0.05) is 54.0 Å². The van der Waals surface area contributed by atoms with Crippen molar-refractivity contribution in [3.8, 4) is 5.69 Å². The van der Waals surface area contributed by atoms with Crippen LogP contribution >= 0.6 is 23.2 Å². The summed E-state index contributed by atoms with van der Waals surface area (Å²) < 4.78 is 1.43. The molecule has 116 valence electrons. The number of rotatable bonds is 3. The van der Waals surface area contributed by atoms with Crippen molar-refractivity contribution in [1.82, 2.24) is 9.78 Å². The molecule has 2 N–H and O–H groups in total. The van der Waals surface area contributed by atoms with Crippen molar-refractivity contribution in [2.75, 3.05) is 5.32 Å². The molecule has 0 bridgehead atoms. The van der Waals surface area contributed by atoms with Gasteiger partial charge in [0, 0.05) is 6.20 Å². The molecule has 0 unspecified atom stereocenters. The quantitative estimate of drug-likeness (QED) is 0.766. The topological polar surface area (TPSA) is 49.8 Å². The Hall–Kier alpha value is -2.43. The van der Waals surface area contributed by atoms with E-state index in [1.165, 1.54) is 4.68 Å². The molecule has 0 atom stereocenters. The molecule has 3 rings (SSSR count). The molecule has 1 heterocycles. The van der Waals surface area contributed by atoms with Crippen molar-refractivity contribution in [3.63, 3.8) is 0 Å². The lowest BCUT2D eigenvalue weighted by atomic mass is 10.3. The molecular weight excluding hydrogens is 333 g/mol. The number of nitrogens with zero attached hydrogens (tertiary/aromatic N) is 1. The molecule has 0 saturated carbocycles. The van der Waals surface area contributed by atoms with Gasteiger partial charge < -0.3 is 5.32 Å². The average Bonchev–Trinajstić information content (AvgIpc) is 2.83. The van der Waals surface area contributed by atoms with E-state index < -0.39 is 0 Å². The fourth-order valence-electron chi connectivity index (χ4n) is 2.18. The van der Waals surface area contributed by atoms with Gasteiger partial charge in [-0.05, 0) is 24.3 Å². The highest BCUT2D eigenvalue weighted by molar-refractivity contribution is 6.39. The van der Waals surface area contributed by atoms with Crippen LogP contribution in [0.25, 0.3) is 18.5 Å². The molecule has 0 fully saturated rings. The molecule has 0 spiro atoms. The van der Waals surface area contributed by atoms with E-state index in [0.717, 1.165) is 5.69 Å². The third-order valence-corrected chi connectivity index (χ3v) is 3.97. The van der Waals surface area contributed by atoms with E-state index in [4.69, 9.17) is 23.2 Å². The fourth-order valence-corrected chi connectivity index (χ4v) is 2.69. The SMILES string of the molecule is C=c1[nH]n(-c2ccccc2)c(=O)/c1=C\Nc1c(Cl)cccc1Cl. The van der Waals surface area contributed by atoms with Gasteiger partial charge in [0.25, 0.3) is 5.56 Å². The van der Waals surface area contributed by atoms with Gasteiger partial charge >= 0.3 is 0 Å². The van der Waals surface area contributed by atoms with Gasteiger partial charge in [0.1, 0.15) is 0 Å². The summed E-state index contributed by atoms with van der Waals surface area (Å²) in [5.74, 6) is 0. The molecule has 6 heteroatoms. The van der Waals surface area contributed by atoms with Crippen LogP contribution in [0.1, 0.15) is 0 Å². The lowest BCUT2D eigenvalue weighted by Crippen LogP contribution is -2.34. The number of anilines is 1. The first-order chi connectivity index (χ1) is 11.1. The summed E-state index contributed by atoms with van der Waals surface area (Å²) in [7, 11) is 0. The molecule has 2 aromatic carbocycles. The van der Waals surface area contributed by atoms with E-state index in [0.29, 0.717) is 26.3 Å². The Balaban J connectivity index is 2.07. The highest BCUT2D eigenvalue weighted by Crippen LogP contribution is 2.29. The predicted octanol–water partition coefficient (Wildman–Crippen LogP) is 2.73. The molecule has 0 aliphatic rings. The van der Waals surface area contributed by atoms with Crippen LogP contribution in [0.15, 0.2) is 53.3 Å². The Morgan fingerprint density at radius 3 is 2.35 bits per heavy atom. The first-order valence-electron chi connectivity index (χ1n) is 6.84. The first kappa shape index (κ1) is 15.5. The van der Waals surface area contributed by atoms with E-state index in [1.54, 1.807) is 24.4 Å². The summed E-state index contributed by atoms with van der Waals surface area (Å²) in [5, 5.41) is 7.78. The number of nitrogens with one attached hydrogen (secondary N) is 2. The van der Waals surface area contributed by atoms with Gasteiger partial charge in [0.05, 0.1) is 32.0 Å². The minimum Gasteiger partial charge on any atom is -0.358 e. The Morgan fingerprint density at radius 1 is 1.04 bits per heavy atom. The monoisotopic (exact) mass is 345 g/mol. The van der Waals surface area contributed by atoms with Crippen LogP contribution in [-0.2, 0) is 0 Å². The molecular formula is C17H13Cl2N3O. The zero-order valence-electron chi connectivity index (χ0n) is 12.0. The highest BCUT2D eigenvalue weighted by Gasteiger charge is 2.06.